The van der Waals surface area contributed by atoms with Crippen LogP contribution in [-0.4, -0.2) is 43.8 Å². The first kappa shape index (κ1) is 15.8. The fourth-order valence-electron chi connectivity index (χ4n) is 3.38. The fraction of sp³-hybridized carbons (Fsp3) is 0.350. The van der Waals surface area contributed by atoms with Gasteiger partial charge in [0.2, 0.25) is 12.7 Å². The molecule has 0 radical (unpaired) electrons. The smallest absolute Gasteiger partial charge is 0.231 e. The first-order chi connectivity index (χ1) is 12.2. The molecule has 25 heavy (non-hydrogen) atoms. The van der Waals surface area contributed by atoms with Gasteiger partial charge in [-0.1, -0.05) is 24.3 Å². The van der Waals surface area contributed by atoms with Crippen LogP contribution in [0.3, 0.4) is 0 Å². The summed E-state index contributed by atoms with van der Waals surface area (Å²) < 4.78 is 10.8. The van der Waals surface area contributed by atoms with Crippen LogP contribution in [0, 0.1) is 6.92 Å². The zero-order valence-corrected chi connectivity index (χ0v) is 14.4. The molecule has 0 aromatic heterocycles. The van der Waals surface area contributed by atoms with Gasteiger partial charge < -0.3 is 19.3 Å². The molecule has 4 rings (SSSR count). The first-order valence-electron chi connectivity index (χ1n) is 8.67. The van der Waals surface area contributed by atoms with Gasteiger partial charge in [-0.2, -0.15) is 0 Å². The van der Waals surface area contributed by atoms with E-state index in [4.69, 9.17) is 9.47 Å². The van der Waals surface area contributed by atoms with E-state index in [0.717, 1.165) is 48.9 Å². The summed E-state index contributed by atoms with van der Waals surface area (Å²) in [6.07, 6.45) is 0.483. The summed E-state index contributed by atoms with van der Waals surface area (Å²) in [5.41, 5.74) is 3.41. The summed E-state index contributed by atoms with van der Waals surface area (Å²) in [4.78, 5) is 16.8. The molecule has 2 aromatic rings. The number of hydrogen-bond donors (Lipinski definition) is 0. The lowest BCUT2D eigenvalue weighted by atomic mass is 10.1. The zero-order chi connectivity index (χ0) is 17.2. The van der Waals surface area contributed by atoms with Crippen molar-refractivity contribution in [3.05, 3.63) is 53.6 Å². The number of anilines is 1. The van der Waals surface area contributed by atoms with Gasteiger partial charge in [-0.15, -0.1) is 0 Å². The highest BCUT2D eigenvalue weighted by Crippen LogP contribution is 2.35. The number of carbonyl (C=O) groups excluding carboxylic acids is 1. The molecule has 0 spiro atoms. The van der Waals surface area contributed by atoms with Crippen molar-refractivity contribution >= 4 is 11.6 Å². The third-order valence-electron chi connectivity index (χ3n) is 4.96. The van der Waals surface area contributed by atoms with Gasteiger partial charge in [0.15, 0.2) is 11.5 Å². The third kappa shape index (κ3) is 3.27. The maximum atomic E-state index is 12.6. The fourth-order valence-corrected chi connectivity index (χ4v) is 3.38. The second-order valence-corrected chi connectivity index (χ2v) is 6.51. The van der Waals surface area contributed by atoms with E-state index in [1.807, 2.05) is 35.2 Å². The number of hydrogen-bond acceptors (Lipinski definition) is 4. The number of rotatable bonds is 3. The molecule has 2 heterocycles. The van der Waals surface area contributed by atoms with Crippen LogP contribution < -0.4 is 14.4 Å². The molecule has 2 aliphatic rings. The molecule has 0 unspecified atom stereocenters. The molecule has 2 aromatic carbocycles. The number of benzene rings is 2. The van der Waals surface area contributed by atoms with Crippen molar-refractivity contribution < 1.29 is 14.3 Å². The quantitative estimate of drug-likeness (QED) is 0.863. The van der Waals surface area contributed by atoms with Crippen molar-refractivity contribution in [3.8, 4) is 11.5 Å². The van der Waals surface area contributed by atoms with Crippen molar-refractivity contribution in [2.75, 3.05) is 37.9 Å². The Kier molecular flexibility index (Phi) is 4.22. The van der Waals surface area contributed by atoms with Gasteiger partial charge >= 0.3 is 0 Å². The summed E-state index contributed by atoms with van der Waals surface area (Å²) in [6, 6.07) is 14.1. The van der Waals surface area contributed by atoms with E-state index in [-0.39, 0.29) is 5.91 Å². The van der Waals surface area contributed by atoms with Crippen LogP contribution in [0.5, 0.6) is 11.5 Å². The molecule has 0 N–H and O–H groups in total. The van der Waals surface area contributed by atoms with E-state index in [9.17, 15) is 4.79 Å². The third-order valence-corrected chi connectivity index (χ3v) is 4.96. The second kappa shape index (κ2) is 6.67. The molecule has 5 nitrogen and oxygen atoms in total. The van der Waals surface area contributed by atoms with Crippen molar-refractivity contribution in [1.29, 1.82) is 0 Å². The number of amides is 1. The van der Waals surface area contributed by atoms with Gasteiger partial charge in [0.1, 0.15) is 0 Å². The van der Waals surface area contributed by atoms with Crippen LogP contribution in [0.4, 0.5) is 5.69 Å². The van der Waals surface area contributed by atoms with Crippen molar-refractivity contribution in [1.82, 2.24) is 4.90 Å². The molecular weight excluding hydrogens is 316 g/mol. The van der Waals surface area contributed by atoms with Crippen LogP contribution in [0.15, 0.2) is 42.5 Å². The molecule has 0 aliphatic carbocycles. The molecular formula is C20H22N2O3. The Balaban J connectivity index is 1.36. The van der Waals surface area contributed by atoms with Crippen molar-refractivity contribution in [2.24, 2.45) is 0 Å². The minimum Gasteiger partial charge on any atom is -0.454 e. The number of nitrogens with zero attached hydrogens (tertiary/aromatic N) is 2. The molecule has 0 bridgehead atoms. The van der Waals surface area contributed by atoms with Crippen molar-refractivity contribution in [3.63, 3.8) is 0 Å². The van der Waals surface area contributed by atoms with Gasteiger partial charge in [-0.25, -0.2) is 0 Å². The molecule has 130 valence electrons. The lowest BCUT2D eigenvalue weighted by molar-refractivity contribution is -0.130. The van der Waals surface area contributed by atoms with Gasteiger partial charge in [-0.3, -0.25) is 4.79 Å². The van der Waals surface area contributed by atoms with Gasteiger partial charge in [0.25, 0.3) is 0 Å². The van der Waals surface area contributed by atoms with Gasteiger partial charge in [0, 0.05) is 37.9 Å². The first-order valence-corrected chi connectivity index (χ1v) is 8.67. The Hall–Kier alpha value is -2.69. The lowest BCUT2D eigenvalue weighted by Crippen LogP contribution is -2.49. The van der Waals surface area contributed by atoms with Gasteiger partial charge in [-0.05, 0) is 30.2 Å². The topological polar surface area (TPSA) is 42.0 Å². The minimum absolute atomic E-state index is 0.208. The minimum atomic E-state index is 0.208. The zero-order valence-electron chi connectivity index (χ0n) is 14.4. The summed E-state index contributed by atoms with van der Waals surface area (Å²) >= 11 is 0. The number of piperazine rings is 1. The molecule has 1 saturated heterocycles. The van der Waals surface area contributed by atoms with Crippen LogP contribution in [0.25, 0.3) is 0 Å². The average Bonchev–Trinajstić information content (AvgIpc) is 3.11. The lowest BCUT2D eigenvalue weighted by Gasteiger charge is -2.36. The largest absolute Gasteiger partial charge is 0.454 e. The molecule has 2 aliphatic heterocycles. The molecule has 1 fully saturated rings. The SMILES string of the molecule is Cc1ccccc1CC(=O)N1CCN(c2ccc3c(c2)OCO3)CC1. The number of fused-ring (bicyclic) bond motifs is 1. The van der Waals surface area contributed by atoms with Crippen LogP contribution in [0.1, 0.15) is 11.1 Å². The van der Waals surface area contributed by atoms with Gasteiger partial charge in [0.05, 0.1) is 6.42 Å². The van der Waals surface area contributed by atoms with E-state index >= 15 is 0 Å². The van der Waals surface area contributed by atoms with E-state index in [2.05, 4.69) is 24.0 Å². The Labute approximate surface area is 147 Å². The highest BCUT2D eigenvalue weighted by atomic mass is 16.7. The van der Waals surface area contributed by atoms with Crippen LogP contribution in [-0.2, 0) is 11.2 Å². The Bertz CT molecular complexity index is 782. The molecule has 5 heteroatoms. The summed E-state index contributed by atoms with van der Waals surface area (Å²) in [7, 11) is 0. The summed E-state index contributed by atoms with van der Waals surface area (Å²) in [5, 5.41) is 0. The van der Waals surface area contributed by atoms with E-state index in [0.29, 0.717) is 13.2 Å². The van der Waals surface area contributed by atoms with Crippen LogP contribution in [0.2, 0.25) is 0 Å². The second-order valence-electron chi connectivity index (χ2n) is 6.51. The summed E-state index contributed by atoms with van der Waals surface area (Å²) in [5.74, 6) is 1.81. The Morgan fingerprint density at radius 1 is 1.00 bits per heavy atom. The predicted molar refractivity (Wildman–Crippen MR) is 96.2 cm³/mol. The normalized spacial score (nSPS) is 16.2. The molecule has 0 atom stereocenters. The number of carbonyl (C=O) groups is 1. The summed E-state index contributed by atoms with van der Waals surface area (Å²) in [6.45, 7) is 5.51. The number of ether oxygens (including phenoxy) is 2. The van der Waals surface area contributed by atoms with Crippen LogP contribution >= 0.6 is 0 Å². The molecule has 1 amide bonds. The van der Waals surface area contributed by atoms with E-state index < -0.39 is 0 Å². The monoisotopic (exact) mass is 338 g/mol. The Morgan fingerprint density at radius 3 is 2.56 bits per heavy atom. The standard InChI is InChI=1S/C20H22N2O3/c1-15-4-2-3-5-16(15)12-20(23)22-10-8-21(9-11-22)17-6-7-18-19(13-17)25-14-24-18/h2-7,13H,8-12,14H2,1H3. The highest BCUT2D eigenvalue weighted by Gasteiger charge is 2.23. The maximum Gasteiger partial charge on any atom is 0.231 e. The highest BCUT2D eigenvalue weighted by molar-refractivity contribution is 5.79. The Morgan fingerprint density at radius 2 is 1.76 bits per heavy atom. The number of aryl methyl sites for hydroxylation is 1. The maximum absolute atomic E-state index is 12.6. The average molecular weight is 338 g/mol. The van der Waals surface area contributed by atoms with E-state index in [1.54, 1.807) is 0 Å². The molecule has 0 saturated carbocycles. The predicted octanol–water partition coefficient (Wildman–Crippen LogP) is 2.62. The van der Waals surface area contributed by atoms with Crippen molar-refractivity contribution in [2.45, 2.75) is 13.3 Å². The van der Waals surface area contributed by atoms with E-state index in [1.165, 1.54) is 5.56 Å².